The average Bonchev–Trinajstić information content (AvgIpc) is 2.17. The molecule has 1 aromatic carbocycles. The zero-order valence-corrected chi connectivity index (χ0v) is 10.9. The normalized spacial score (nSPS) is 10.1. The maximum Gasteiger partial charge on any atom is 0.142 e. The summed E-state index contributed by atoms with van der Waals surface area (Å²) < 4.78 is 6.35. The molecule has 1 aromatic rings. The lowest BCUT2D eigenvalue weighted by Gasteiger charge is -2.12. The number of benzene rings is 1. The van der Waals surface area contributed by atoms with Crippen LogP contribution in [0.4, 0.5) is 0 Å². The van der Waals surface area contributed by atoms with Crippen molar-refractivity contribution in [2.75, 3.05) is 13.7 Å². The molecule has 0 fully saturated rings. The van der Waals surface area contributed by atoms with Crippen LogP contribution in [0.25, 0.3) is 0 Å². The molecule has 0 aliphatic carbocycles. The first-order valence-corrected chi connectivity index (χ1v) is 5.70. The first-order chi connectivity index (χ1) is 7.15. The van der Waals surface area contributed by atoms with Crippen molar-refractivity contribution in [2.24, 2.45) is 0 Å². The minimum absolute atomic E-state index is 0.417. The second-order valence-electron chi connectivity index (χ2n) is 3.06. The van der Waals surface area contributed by atoms with E-state index in [1.807, 2.05) is 25.2 Å². The van der Waals surface area contributed by atoms with Crippen LogP contribution in [0.3, 0.4) is 0 Å². The third-order valence-corrected chi connectivity index (χ3v) is 2.32. The fourth-order valence-corrected chi connectivity index (χ4v) is 1.56. The zero-order valence-electron chi connectivity index (χ0n) is 8.52. The summed E-state index contributed by atoms with van der Waals surface area (Å²) in [7, 11) is 1.88. The maximum absolute atomic E-state index is 6.05. The average molecular weight is 291 g/mol. The highest BCUT2D eigenvalue weighted by Crippen LogP contribution is 2.29. The number of rotatable bonds is 5. The topological polar surface area (TPSA) is 21.3 Å². The molecule has 0 amide bonds. The number of para-hydroxylation sites is 1. The van der Waals surface area contributed by atoms with E-state index in [0.717, 1.165) is 16.6 Å². The molecule has 1 rings (SSSR count). The third kappa shape index (κ3) is 3.86. The summed E-state index contributed by atoms with van der Waals surface area (Å²) in [6, 6.07) is 5.70. The molecule has 0 atom stereocenters. The summed E-state index contributed by atoms with van der Waals surface area (Å²) in [6.07, 6.45) is 0. The standard InChI is InChI=1S/C11H13BrClNO/c1-8(12)7-15-11-9(6-14-2)4-3-5-10(11)13/h3-5,14H,1,6-7H2,2H3. The number of hydrogen-bond acceptors (Lipinski definition) is 2. The van der Waals surface area contributed by atoms with E-state index in [9.17, 15) is 0 Å². The van der Waals surface area contributed by atoms with Crippen LogP contribution >= 0.6 is 27.5 Å². The Balaban J connectivity index is 2.86. The maximum atomic E-state index is 6.05. The van der Waals surface area contributed by atoms with Crippen molar-refractivity contribution >= 4 is 27.5 Å². The first kappa shape index (κ1) is 12.6. The fraction of sp³-hybridized carbons (Fsp3) is 0.273. The van der Waals surface area contributed by atoms with Gasteiger partial charge in [0.25, 0.3) is 0 Å². The molecule has 0 aliphatic rings. The Bertz CT molecular complexity index is 354. The quantitative estimate of drug-likeness (QED) is 0.898. The highest BCUT2D eigenvalue weighted by molar-refractivity contribution is 9.11. The van der Waals surface area contributed by atoms with Gasteiger partial charge in [-0.1, -0.05) is 46.2 Å². The summed E-state index contributed by atoms with van der Waals surface area (Å²) in [5.41, 5.74) is 1.04. The Morgan fingerprint density at radius 3 is 2.93 bits per heavy atom. The van der Waals surface area contributed by atoms with Gasteiger partial charge in [0.15, 0.2) is 0 Å². The molecular weight excluding hydrogens is 277 g/mol. The van der Waals surface area contributed by atoms with Crippen molar-refractivity contribution in [3.05, 3.63) is 39.8 Å². The van der Waals surface area contributed by atoms with E-state index in [0.29, 0.717) is 17.4 Å². The molecule has 0 radical (unpaired) electrons. The van der Waals surface area contributed by atoms with E-state index in [2.05, 4.69) is 27.8 Å². The summed E-state index contributed by atoms with van der Waals surface area (Å²) in [5.74, 6) is 0.717. The first-order valence-electron chi connectivity index (χ1n) is 4.53. The van der Waals surface area contributed by atoms with Gasteiger partial charge in [0, 0.05) is 16.6 Å². The molecule has 0 spiro atoms. The van der Waals surface area contributed by atoms with Gasteiger partial charge in [-0.3, -0.25) is 0 Å². The molecule has 2 nitrogen and oxygen atoms in total. The minimum atomic E-state index is 0.417. The lowest BCUT2D eigenvalue weighted by molar-refractivity contribution is 0.356. The Hall–Kier alpha value is -0.510. The van der Waals surface area contributed by atoms with Crippen LogP contribution in [0.1, 0.15) is 5.56 Å². The third-order valence-electron chi connectivity index (χ3n) is 1.79. The van der Waals surface area contributed by atoms with Crippen LogP contribution in [-0.4, -0.2) is 13.7 Å². The van der Waals surface area contributed by atoms with Crippen LogP contribution in [0.5, 0.6) is 5.75 Å². The monoisotopic (exact) mass is 289 g/mol. The van der Waals surface area contributed by atoms with Crippen molar-refractivity contribution in [2.45, 2.75) is 6.54 Å². The summed E-state index contributed by atoms with van der Waals surface area (Å²) in [4.78, 5) is 0. The Labute approximate surface area is 103 Å². The van der Waals surface area contributed by atoms with E-state index in [-0.39, 0.29) is 0 Å². The largest absolute Gasteiger partial charge is 0.486 e. The SMILES string of the molecule is C=C(Br)COc1c(Cl)cccc1CNC. The van der Waals surface area contributed by atoms with Crippen LogP contribution in [-0.2, 0) is 6.54 Å². The second-order valence-corrected chi connectivity index (χ2v) is 4.59. The summed E-state index contributed by atoms with van der Waals surface area (Å²) in [5, 5.41) is 3.69. The number of halogens is 2. The highest BCUT2D eigenvalue weighted by atomic mass is 79.9. The van der Waals surface area contributed by atoms with Gasteiger partial charge in [0.2, 0.25) is 0 Å². The Kier molecular flexibility index (Phi) is 5.15. The van der Waals surface area contributed by atoms with Gasteiger partial charge in [-0.05, 0) is 13.1 Å². The van der Waals surface area contributed by atoms with E-state index in [1.54, 1.807) is 0 Å². The van der Waals surface area contributed by atoms with E-state index in [4.69, 9.17) is 16.3 Å². The van der Waals surface area contributed by atoms with Crippen molar-refractivity contribution in [3.63, 3.8) is 0 Å². The molecule has 4 heteroatoms. The van der Waals surface area contributed by atoms with Crippen LogP contribution in [0.2, 0.25) is 5.02 Å². The van der Waals surface area contributed by atoms with Crippen LogP contribution in [0, 0.1) is 0 Å². The fourth-order valence-electron chi connectivity index (χ4n) is 1.20. The molecule has 0 saturated carbocycles. The molecule has 82 valence electrons. The lowest BCUT2D eigenvalue weighted by atomic mass is 10.2. The second kappa shape index (κ2) is 6.16. The van der Waals surface area contributed by atoms with Crippen LogP contribution in [0.15, 0.2) is 29.3 Å². The summed E-state index contributed by atoms with van der Waals surface area (Å²) >= 11 is 9.29. The molecule has 0 saturated heterocycles. The number of ether oxygens (including phenoxy) is 1. The molecule has 0 aromatic heterocycles. The molecule has 1 N–H and O–H groups in total. The van der Waals surface area contributed by atoms with Gasteiger partial charge in [0.1, 0.15) is 12.4 Å². The summed E-state index contributed by atoms with van der Waals surface area (Å²) in [6.45, 7) is 4.85. The highest BCUT2D eigenvalue weighted by Gasteiger charge is 2.07. The predicted octanol–water partition coefficient (Wildman–Crippen LogP) is 3.35. The molecule has 0 bridgehead atoms. The zero-order chi connectivity index (χ0) is 11.3. The molecule has 0 unspecified atom stereocenters. The number of hydrogen-bond donors (Lipinski definition) is 1. The Morgan fingerprint density at radius 2 is 2.33 bits per heavy atom. The van der Waals surface area contributed by atoms with Crippen molar-refractivity contribution in [3.8, 4) is 5.75 Å². The predicted molar refractivity (Wildman–Crippen MR) is 67.8 cm³/mol. The molecule has 0 heterocycles. The van der Waals surface area contributed by atoms with Gasteiger partial charge < -0.3 is 10.1 Å². The van der Waals surface area contributed by atoms with Crippen LogP contribution < -0.4 is 10.1 Å². The molecule has 0 aliphatic heterocycles. The van der Waals surface area contributed by atoms with Crippen molar-refractivity contribution in [1.82, 2.24) is 5.32 Å². The van der Waals surface area contributed by atoms with Gasteiger partial charge >= 0.3 is 0 Å². The van der Waals surface area contributed by atoms with Gasteiger partial charge in [-0.15, -0.1) is 0 Å². The lowest BCUT2D eigenvalue weighted by Crippen LogP contribution is -2.08. The minimum Gasteiger partial charge on any atom is -0.486 e. The van der Waals surface area contributed by atoms with E-state index >= 15 is 0 Å². The Morgan fingerprint density at radius 1 is 1.60 bits per heavy atom. The van der Waals surface area contributed by atoms with Gasteiger partial charge in [0.05, 0.1) is 5.02 Å². The smallest absolute Gasteiger partial charge is 0.142 e. The van der Waals surface area contributed by atoms with Crippen molar-refractivity contribution < 1.29 is 4.74 Å². The van der Waals surface area contributed by atoms with Gasteiger partial charge in [-0.25, -0.2) is 0 Å². The molecular formula is C11H13BrClNO. The van der Waals surface area contributed by atoms with E-state index in [1.165, 1.54) is 0 Å². The number of nitrogens with one attached hydrogen (secondary N) is 1. The van der Waals surface area contributed by atoms with Crippen molar-refractivity contribution in [1.29, 1.82) is 0 Å². The van der Waals surface area contributed by atoms with Gasteiger partial charge in [-0.2, -0.15) is 0 Å². The molecule has 15 heavy (non-hydrogen) atoms. The van der Waals surface area contributed by atoms with E-state index < -0.39 is 0 Å².